The fourth-order valence-electron chi connectivity index (χ4n) is 3.16. The Kier molecular flexibility index (Phi) is 6.53. The molecule has 1 aliphatic rings. The van der Waals surface area contributed by atoms with Crippen molar-refractivity contribution in [2.45, 2.75) is 51.7 Å². The molecule has 1 heterocycles. The lowest BCUT2D eigenvalue weighted by Gasteiger charge is -2.15. The van der Waals surface area contributed by atoms with Gasteiger partial charge in [0.05, 0.1) is 12.2 Å². The molecule has 3 rings (SSSR count). The van der Waals surface area contributed by atoms with Gasteiger partial charge < -0.3 is 9.47 Å². The lowest BCUT2D eigenvalue weighted by atomic mass is 10.1. The molecule has 1 aliphatic heterocycles. The third kappa shape index (κ3) is 5.01. The van der Waals surface area contributed by atoms with Gasteiger partial charge in [-0.3, -0.25) is 4.90 Å². The van der Waals surface area contributed by atoms with E-state index in [1.54, 1.807) is 4.90 Å². The summed E-state index contributed by atoms with van der Waals surface area (Å²) in [6.07, 6.45) is 5.44. The molecule has 4 heteroatoms. The van der Waals surface area contributed by atoms with E-state index in [1.807, 2.05) is 54.6 Å². The maximum absolute atomic E-state index is 12.2. The average molecular weight is 353 g/mol. The number of nitrogens with zero attached hydrogens (tertiary/aromatic N) is 1. The highest BCUT2D eigenvalue weighted by Crippen LogP contribution is 2.27. The number of benzene rings is 2. The minimum absolute atomic E-state index is 0.00625. The van der Waals surface area contributed by atoms with Crippen molar-refractivity contribution < 1.29 is 14.3 Å². The highest BCUT2D eigenvalue weighted by molar-refractivity contribution is 5.89. The Bertz CT molecular complexity index is 702. The number of ether oxygens (including phenoxy) is 2. The van der Waals surface area contributed by atoms with E-state index in [0.29, 0.717) is 13.2 Å². The van der Waals surface area contributed by atoms with Gasteiger partial charge in [0, 0.05) is 6.07 Å². The van der Waals surface area contributed by atoms with E-state index < -0.39 is 0 Å². The summed E-state index contributed by atoms with van der Waals surface area (Å²) >= 11 is 0. The minimum Gasteiger partial charge on any atom is -0.489 e. The fraction of sp³-hybridized carbons (Fsp3) is 0.409. The first-order valence-corrected chi connectivity index (χ1v) is 9.51. The zero-order valence-electron chi connectivity index (χ0n) is 15.4. The Balaban J connectivity index is 1.56. The molecule has 1 saturated heterocycles. The van der Waals surface area contributed by atoms with Gasteiger partial charge in [-0.15, -0.1) is 0 Å². The molecule has 1 unspecified atom stereocenters. The second-order valence-electron chi connectivity index (χ2n) is 6.74. The third-order valence-electron chi connectivity index (χ3n) is 4.63. The molecule has 0 spiro atoms. The van der Waals surface area contributed by atoms with Gasteiger partial charge in [-0.1, -0.05) is 62.6 Å². The molecule has 1 atom stereocenters. The number of cyclic esters (lactones) is 1. The Hall–Kier alpha value is -2.49. The van der Waals surface area contributed by atoms with Crippen LogP contribution in [0.3, 0.4) is 0 Å². The summed E-state index contributed by atoms with van der Waals surface area (Å²) in [4.78, 5) is 13.9. The van der Waals surface area contributed by atoms with Crippen molar-refractivity contribution in [3.63, 3.8) is 0 Å². The first kappa shape index (κ1) is 18.3. The van der Waals surface area contributed by atoms with Crippen LogP contribution in [0.25, 0.3) is 0 Å². The van der Waals surface area contributed by atoms with Crippen molar-refractivity contribution >= 4 is 11.8 Å². The summed E-state index contributed by atoms with van der Waals surface area (Å²) in [6, 6.07) is 17.7. The number of hydrogen-bond donors (Lipinski definition) is 0. The third-order valence-corrected chi connectivity index (χ3v) is 4.63. The van der Waals surface area contributed by atoms with Crippen molar-refractivity contribution in [3.05, 3.63) is 60.2 Å². The molecule has 2 aromatic rings. The van der Waals surface area contributed by atoms with Gasteiger partial charge in [0.1, 0.15) is 18.5 Å². The molecule has 0 radical (unpaired) electrons. The summed E-state index contributed by atoms with van der Waals surface area (Å²) in [5.74, 6) is 0.755. The SMILES string of the molecule is CCCCCCC1CN(c2cccc(OCc3ccccc3)c2)C(=O)O1. The second-order valence-corrected chi connectivity index (χ2v) is 6.74. The first-order valence-electron chi connectivity index (χ1n) is 9.51. The van der Waals surface area contributed by atoms with Gasteiger partial charge in [-0.25, -0.2) is 4.79 Å². The van der Waals surface area contributed by atoms with Gasteiger partial charge >= 0.3 is 6.09 Å². The first-order chi connectivity index (χ1) is 12.8. The maximum atomic E-state index is 12.2. The van der Waals surface area contributed by atoms with Crippen molar-refractivity contribution in [2.24, 2.45) is 0 Å². The van der Waals surface area contributed by atoms with E-state index in [4.69, 9.17) is 9.47 Å². The largest absolute Gasteiger partial charge is 0.489 e. The summed E-state index contributed by atoms with van der Waals surface area (Å²) < 4.78 is 11.4. The minimum atomic E-state index is -0.259. The number of amides is 1. The zero-order valence-corrected chi connectivity index (χ0v) is 15.4. The van der Waals surface area contributed by atoms with Gasteiger partial charge in [0.15, 0.2) is 0 Å². The van der Waals surface area contributed by atoms with Crippen LogP contribution in [0, 0.1) is 0 Å². The van der Waals surface area contributed by atoms with Crippen molar-refractivity contribution in [1.82, 2.24) is 0 Å². The van der Waals surface area contributed by atoms with E-state index in [-0.39, 0.29) is 12.2 Å². The lowest BCUT2D eigenvalue weighted by molar-refractivity contribution is 0.135. The number of rotatable bonds is 9. The van der Waals surface area contributed by atoms with Crippen LogP contribution in [-0.4, -0.2) is 18.7 Å². The summed E-state index contributed by atoms with van der Waals surface area (Å²) in [7, 11) is 0. The quantitative estimate of drug-likeness (QED) is 0.554. The predicted molar refractivity (Wildman–Crippen MR) is 104 cm³/mol. The molecule has 0 aromatic heterocycles. The van der Waals surface area contributed by atoms with Crippen molar-refractivity contribution in [1.29, 1.82) is 0 Å². The second kappa shape index (κ2) is 9.27. The van der Waals surface area contributed by atoms with Crippen LogP contribution in [0.2, 0.25) is 0 Å². The molecule has 0 aliphatic carbocycles. The zero-order chi connectivity index (χ0) is 18.2. The predicted octanol–water partition coefficient (Wildman–Crippen LogP) is 5.56. The standard InChI is InChI=1S/C22H27NO3/c1-2-3-4-8-13-21-16-23(22(24)26-21)19-12-9-14-20(15-19)25-17-18-10-6-5-7-11-18/h5-7,9-12,14-15,21H,2-4,8,13,16-17H2,1H3. The number of carbonyl (C=O) groups is 1. The Morgan fingerprint density at radius 1 is 1.08 bits per heavy atom. The normalized spacial score (nSPS) is 16.6. The summed E-state index contributed by atoms with van der Waals surface area (Å²) in [6.45, 7) is 3.33. The molecule has 0 bridgehead atoms. The highest BCUT2D eigenvalue weighted by Gasteiger charge is 2.31. The molecule has 138 valence electrons. The van der Waals surface area contributed by atoms with Gasteiger partial charge in [0.2, 0.25) is 0 Å². The average Bonchev–Trinajstić information content (AvgIpc) is 3.05. The van der Waals surface area contributed by atoms with Gasteiger partial charge in [-0.05, 0) is 30.5 Å². The molecule has 0 saturated carbocycles. The van der Waals surface area contributed by atoms with E-state index in [0.717, 1.165) is 29.8 Å². The van der Waals surface area contributed by atoms with E-state index >= 15 is 0 Å². The van der Waals surface area contributed by atoms with Crippen molar-refractivity contribution in [2.75, 3.05) is 11.4 Å². The monoisotopic (exact) mass is 353 g/mol. The molecule has 4 nitrogen and oxygen atoms in total. The molecule has 0 N–H and O–H groups in total. The number of hydrogen-bond acceptors (Lipinski definition) is 3. The van der Waals surface area contributed by atoms with E-state index in [2.05, 4.69) is 6.92 Å². The van der Waals surface area contributed by atoms with E-state index in [1.165, 1.54) is 19.3 Å². The van der Waals surface area contributed by atoms with Crippen LogP contribution in [0.15, 0.2) is 54.6 Å². The topological polar surface area (TPSA) is 38.8 Å². The Morgan fingerprint density at radius 2 is 1.92 bits per heavy atom. The van der Waals surface area contributed by atoms with Crippen LogP contribution < -0.4 is 9.64 Å². The number of unbranched alkanes of at least 4 members (excludes halogenated alkanes) is 3. The molecule has 1 fully saturated rings. The van der Waals surface area contributed by atoms with Crippen LogP contribution in [0.1, 0.15) is 44.6 Å². The Morgan fingerprint density at radius 3 is 2.73 bits per heavy atom. The summed E-state index contributed by atoms with van der Waals surface area (Å²) in [5, 5.41) is 0. The molecule has 1 amide bonds. The van der Waals surface area contributed by atoms with Crippen LogP contribution in [-0.2, 0) is 11.3 Å². The number of carbonyl (C=O) groups excluding carboxylic acids is 1. The number of anilines is 1. The lowest BCUT2D eigenvalue weighted by Crippen LogP contribution is -2.24. The molecule has 26 heavy (non-hydrogen) atoms. The smallest absolute Gasteiger partial charge is 0.414 e. The van der Waals surface area contributed by atoms with Crippen LogP contribution >= 0.6 is 0 Å². The summed E-state index contributed by atoms with van der Waals surface area (Å²) in [5.41, 5.74) is 1.95. The van der Waals surface area contributed by atoms with Crippen LogP contribution in [0.5, 0.6) is 5.75 Å². The molecular weight excluding hydrogens is 326 g/mol. The van der Waals surface area contributed by atoms with Gasteiger partial charge in [0.25, 0.3) is 0 Å². The van der Waals surface area contributed by atoms with Gasteiger partial charge in [-0.2, -0.15) is 0 Å². The van der Waals surface area contributed by atoms with E-state index in [9.17, 15) is 4.79 Å². The highest BCUT2D eigenvalue weighted by atomic mass is 16.6. The van der Waals surface area contributed by atoms with Crippen molar-refractivity contribution in [3.8, 4) is 5.75 Å². The van der Waals surface area contributed by atoms with Crippen LogP contribution in [0.4, 0.5) is 10.5 Å². The Labute approximate surface area is 155 Å². The molecule has 2 aromatic carbocycles. The molecular formula is C22H27NO3. The maximum Gasteiger partial charge on any atom is 0.414 e. The fourth-order valence-corrected chi connectivity index (χ4v) is 3.16.